The third-order valence-corrected chi connectivity index (χ3v) is 5.49. The van der Waals surface area contributed by atoms with Gasteiger partial charge >= 0.3 is 0 Å². The number of carbonyl (C=O) groups is 2. The largest absolute Gasteiger partial charge is 0.497 e. The Hall–Kier alpha value is -2.18. The summed E-state index contributed by atoms with van der Waals surface area (Å²) >= 11 is 1.31. The Kier molecular flexibility index (Phi) is 6.06. The van der Waals surface area contributed by atoms with Crippen molar-refractivity contribution in [1.29, 1.82) is 0 Å². The quantitative estimate of drug-likeness (QED) is 0.693. The zero-order valence-corrected chi connectivity index (χ0v) is 15.9. The van der Waals surface area contributed by atoms with Crippen LogP contribution in [0.25, 0.3) is 0 Å². The highest BCUT2D eigenvalue weighted by atomic mass is 32.1. The Bertz CT molecular complexity index is 762. The first-order chi connectivity index (χ1) is 12.6. The Labute approximate surface area is 157 Å². The normalized spacial score (nSPS) is 16.5. The molecule has 0 unspecified atom stereocenters. The zero-order valence-electron chi connectivity index (χ0n) is 15.1. The third-order valence-electron chi connectivity index (χ3n) is 4.46. The molecule has 0 N–H and O–H groups in total. The zero-order chi connectivity index (χ0) is 18.5. The van der Waals surface area contributed by atoms with E-state index < -0.39 is 0 Å². The van der Waals surface area contributed by atoms with Gasteiger partial charge in [0, 0.05) is 25.1 Å². The molecule has 0 spiro atoms. The van der Waals surface area contributed by atoms with Gasteiger partial charge in [-0.1, -0.05) is 12.1 Å². The van der Waals surface area contributed by atoms with Gasteiger partial charge in [-0.05, 0) is 43.5 Å². The minimum Gasteiger partial charge on any atom is -0.497 e. The first-order valence-electron chi connectivity index (χ1n) is 8.70. The van der Waals surface area contributed by atoms with Crippen LogP contribution in [0.15, 0.2) is 35.7 Å². The average Bonchev–Trinajstić information content (AvgIpc) is 3.33. The van der Waals surface area contributed by atoms with Gasteiger partial charge in [-0.3, -0.25) is 9.59 Å². The molecule has 1 aromatic carbocycles. The van der Waals surface area contributed by atoms with Crippen LogP contribution in [0, 0.1) is 0 Å². The number of ketones is 1. The number of benzene rings is 1. The van der Waals surface area contributed by atoms with E-state index in [-0.39, 0.29) is 17.8 Å². The minimum absolute atomic E-state index is 0.0186. The van der Waals surface area contributed by atoms with Crippen LogP contribution in [0.4, 0.5) is 0 Å². The molecule has 3 rings (SSSR count). The van der Waals surface area contributed by atoms with Gasteiger partial charge in [-0.25, -0.2) is 0 Å². The Morgan fingerprint density at radius 2 is 2.08 bits per heavy atom. The molecule has 5 nitrogen and oxygen atoms in total. The van der Waals surface area contributed by atoms with E-state index in [9.17, 15) is 9.59 Å². The van der Waals surface area contributed by atoms with Crippen molar-refractivity contribution in [3.05, 3.63) is 51.7 Å². The molecular weight excluding hydrogens is 350 g/mol. The highest BCUT2D eigenvalue weighted by Crippen LogP contribution is 2.21. The molecule has 1 saturated heterocycles. The summed E-state index contributed by atoms with van der Waals surface area (Å²) < 4.78 is 10.9. The fraction of sp³-hybridized carbons (Fsp3) is 0.400. The number of ether oxygens (including phenoxy) is 2. The SMILES string of the molecule is COc1ccc(CN(C[C@@H]2CCCO2)C(=O)c2csc(C(C)=O)c2)cc1. The predicted molar refractivity (Wildman–Crippen MR) is 101 cm³/mol. The molecule has 0 saturated carbocycles. The number of hydrogen-bond acceptors (Lipinski definition) is 5. The molecule has 1 aliphatic heterocycles. The lowest BCUT2D eigenvalue weighted by Gasteiger charge is -2.25. The average molecular weight is 373 g/mol. The van der Waals surface area contributed by atoms with Gasteiger partial charge < -0.3 is 14.4 Å². The molecule has 0 aliphatic carbocycles. The van der Waals surface area contributed by atoms with Gasteiger partial charge in [-0.2, -0.15) is 0 Å². The highest BCUT2D eigenvalue weighted by Gasteiger charge is 2.24. The smallest absolute Gasteiger partial charge is 0.255 e. The molecule has 0 radical (unpaired) electrons. The molecule has 2 aromatic rings. The molecule has 2 heterocycles. The molecule has 1 aliphatic rings. The Morgan fingerprint density at radius 1 is 1.31 bits per heavy atom. The summed E-state index contributed by atoms with van der Waals surface area (Å²) in [4.78, 5) is 27.0. The second kappa shape index (κ2) is 8.47. The van der Waals surface area contributed by atoms with Crippen LogP contribution in [-0.2, 0) is 11.3 Å². The first-order valence-corrected chi connectivity index (χ1v) is 9.58. The van der Waals surface area contributed by atoms with Crippen molar-refractivity contribution in [2.45, 2.75) is 32.4 Å². The van der Waals surface area contributed by atoms with Crippen molar-refractivity contribution in [2.24, 2.45) is 0 Å². The summed E-state index contributed by atoms with van der Waals surface area (Å²) in [5.74, 6) is 0.699. The van der Waals surface area contributed by atoms with Crippen LogP contribution >= 0.6 is 11.3 Å². The number of carbonyl (C=O) groups excluding carboxylic acids is 2. The number of Topliss-reactive ketones (excluding diaryl/α,β-unsaturated/α-hetero) is 1. The lowest BCUT2D eigenvalue weighted by molar-refractivity contribution is 0.0507. The van der Waals surface area contributed by atoms with Crippen molar-refractivity contribution < 1.29 is 19.1 Å². The van der Waals surface area contributed by atoms with E-state index in [4.69, 9.17) is 9.47 Å². The fourth-order valence-electron chi connectivity index (χ4n) is 3.02. The highest BCUT2D eigenvalue weighted by molar-refractivity contribution is 7.12. The van der Waals surface area contributed by atoms with E-state index in [1.807, 2.05) is 29.2 Å². The Morgan fingerprint density at radius 3 is 2.65 bits per heavy atom. The molecule has 1 aromatic heterocycles. The van der Waals surface area contributed by atoms with Crippen molar-refractivity contribution in [3.8, 4) is 5.75 Å². The van der Waals surface area contributed by atoms with Crippen LogP contribution in [0.3, 0.4) is 0 Å². The topological polar surface area (TPSA) is 55.8 Å². The maximum absolute atomic E-state index is 13.0. The van der Waals surface area contributed by atoms with Gasteiger partial charge in [-0.15, -0.1) is 11.3 Å². The van der Waals surface area contributed by atoms with Gasteiger partial charge in [0.15, 0.2) is 5.78 Å². The van der Waals surface area contributed by atoms with Crippen LogP contribution in [0.5, 0.6) is 5.75 Å². The summed E-state index contributed by atoms with van der Waals surface area (Å²) in [6, 6.07) is 9.39. The molecule has 1 fully saturated rings. The number of rotatable bonds is 7. The van der Waals surface area contributed by atoms with E-state index in [0.717, 1.165) is 30.8 Å². The second-order valence-corrected chi connectivity index (χ2v) is 7.34. The van der Waals surface area contributed by atoms with Gasteiger partial charge in [0.25, 0.3) is 5.91 Å². The molecule has 1 atom stereocenters. The maximum atomic E-state index is 13.0. The lowest BCUT2D eigenvalue weighted by Crippen LogP contribution is -2.36. The van der Waals surface area contributed by atoms with Crippen molar-refractivity contribution in [2.75, 3.05) is 20.3 Å². The van der Waals surface area contributed by atoms with E-state index >= 15 is 0 Å². The maximum Gasteiger partial charge on any atom is 0.255 e. The van der Waals surface area contributed by atoms with Crippen molar-refractivity contribution >= 4 is 23.0 Å². The molecule has 26 heavy (non-hydrogen) atoms. The summed E-state index contributed by atoms with van der Waals surface area (Å²) in [7, 11) is 1.63. The number of amides is 1. The summed E-state index contributed by atoms with van der Waals surface area (Å²) in [5, 5.41) is 1.76. The molecule has 138 valence electrons. The van der Waals surface area contributed by atoms with Gasteiger partial charge in [0.05, 0.1) is 23.7 Å². The van der Waals surface area contributed by atoms with Crippen LogP contribution < -0.4 is 4.74 Å². The van der Waals surface area contributed by atoms with Crippen molar-refractivity contribution in [1.82, 2.24) is 4.90 Å². The summed E-state index contributed by atoms with van der Waals surface area (Å²) in [6.07, 6.45) is 2.07. The summed E-state index contributed by atoms with van der Waals surface area (Å²) in [6.45, 7) is 3.31. The molecule has 0 bridgehead atoms. The Balaban J connectivity index is 1.78. The standard InChI is InChI=1S/C20H23NO4S/c1-14(22)19-10-16(13-26-19)20(23)21(12-18-4-3-9-25-18)11-15-5-7-17(24-2)8-6-15/h5-8,10,13,18H,3-4,9,11-12H2,1-2H3/t18-/m0/s1. The number of thiophene rings is 1. The summed E-state index contributed by atoms with van der Waals surface area (Å²) in [5.41, 5.74) is 1.59. The van der Waals surface area contributed by atoms with E-state index in [1.54, 1.807) is 18.6 Å². The number of hydrogen-bond donors (Lipinski definition) is 0. The van der Waals surface area contributed by atoms with Crippen LogP contribution in [0.1, 0.15) is 45.4 Å². The number of methoxy groups -OCH3 is 1. The first kappa shape index (κ1) is 18.6. The van der Waals surface area contributed by atoms with Crippen LogP contribution in [-0.4, -0.2) is 43.0 Å². The monoisotopic (exact) mass is 373 g/mol. The lowest BCUT2D eigenvalue weighted by atomic mass is 10.1. The van der Waals surface area contributed by atoms with E-state index in [2.05, 4.69) is 0 Å². The molecule has 1 amide bonds. The molecule has 6 heteroatoms. The fourth-order valence-corrected chi connectivity index (χ4v) is 3.80. The molecular formula is C20H23NO4S. The van der Waals surface area contributed by atoms with Crippen LogP contribution in [0.2, 0.25) is 0 Å². The van der Waals surface area contributed by atoms with E-state index in [1.165, 1.54) is 18.3 Å². The van der Waals surface area contributed by atoms with Crippen molar-refractivity contribution in [3.63, 3.8) is 0 Å². The minimum atomic E-state index is -0.0694. The number of nitrogens with zero attached hydrogens (tertiary/aromatic N) is 1. The van der Waals surface area contributed by atoms with Gasteiger partial charge in [0.2, 0.25) is 0 Å². The van der Waals surface area contributed by atoms with E-state index in [0.29, 0.717) is 23.5 Å². The third kappa shape index (κ3) is 4.51. The second-order valence-electron chi connectivity index (χ2n) is 6.42. The van der Waals surface area contributed by atoms with Gasteiger partial charge in [0.1, 0.15) is 5.75 Å². The predicted octanol–water partition coefficient (Wildman–Crippen LogP) is 3.78.